The van der Waals surface area contributed by atoms with Crippen LogP contribution in [-0.2, 0) is 17.8 Å². The molecule has 0 atom stereocenters. The van der Waals surface area contributed by atoms with Crippen molar-refractivity contribution in [3.63, 3.8) is 0 Å². The number of benzene rings is 1. The van der Waals surface area contributed by atoms with Gasteiger partial charge in [0, 0.05) is 13.0 Å². The molecule has 0 aliphatic carbocycles. The summed E-state index contributed by atoms with van der Waals surface area (Å²) in [5, 5.41) is 17.8. The highest BCUT2D eigenvalue weighted by Gasteiger charge is 2.15. The van der Waals surface area contributed by atoms with Gasteiger partial charge in [0.15, 0.2) is 11.5 Å². The Morgan fingerprint density at radius 3 is 2.81 bits per heavy atom. The monoisotopic (exact) mass is 373 g/mol. The lowest BCUT2D eigenvalue weighted by Gasteiger charge is -2.07. The number of rotatable bonds is 8. The molecule has 0 fully saturated rings. The predicted molar refractivity (Wildman–Crippen MR) is 96.6 cm³/mol. The van der Waals surface area contributed by atoms with Gasteiger partial charge in [-0.15, -0.1) is 0 Å². The average molecular weight is 373 g/mol. The number of hydrogen-bond donors (Lipinski definition) is 4. The zero-order chi connectivity index (χ0) is 19.4. The SMILES string of the molecule is Nc1nc(OCCCO)nc2c1[nH]c(=O)n2Cc1cccc(CC(=O)O)c1. The highest BCUT2D eigenvalue weighted by atomic mass is 16.5. The first-order valence-electron chi connectivity index (χ1n) is 8.27. The summed E-state index contributed by atoms with van der Waals surface area (Å²) in [6.45, 7) is 0.367. The number of H-pyrrole nitrogens is 1. The molecule has 0 radical (unpaired) electrons. The third kappa shape index (κ3) is 4.23. The number of nitrogens with one attached hydrogen (secondary N) is 1. The van der Waals surface area contributed by atoms with Crippen LogP contribution in [0.2, 0.25) is 0 Å². The molecule has 0 amide bonds. The number of fused-ring (bicyclic) bond motifs is 1. The van der Waals surface area contributed by atoms with E-state index < -0.39 is 11.7 Å². The molecule has 2 heterocycles. The van der Waals surface area contributed by atoms with Crippen LogP contribution in [0.1, 0.15) is 17.5 Å². The summed E-state index contributed by atoms with van der Waals surface area (Å²) >= 11 is 0. The number of carboxylic acids is 1. The molecule has 2 aromatic heterocycles. The van der Waals surface area contributed by atoms with Crippen molar-refractivity contribution in [3.8, 4) is 6.01 Å². The summed E-state index contributed by atoms with van der Waals surface area (Å²) in [5.74, 6) is -0.851. The van der Waals surface area contributed by atoms with E-state index in [1.54, 1.807) is 24.3 Å². The summed E-state index contributed by atoms with van der Waals surface area (Å²) in [5.41, 5.74) is 7.44. The van der Waals surface area contributed by atoms with E-state index in [-0.39, 0.29) is 43.7 Å². The fourth-order valence-corrected chi connectivity index (χ4v) is 2.67. The number of aliphatic carboxylic acids is 1. The number of aromatic nitrogens is 4. The van der Waals surface area contributed by atoms with Crippen molar-refractivity contribution in [2.45, 2.75) is 19.4 Å². The van der Waals surface area contributed by atoms with Crippen LogP contribution in [0.4, 0.5) is 5.82 Å². The van der Waals surface area contributed by atoms with Gasteiger partial charge in [-0.2, -0.15) is 9.97 Å². The number of aliphatic hydroxyl groups excluding tert-OH is 1. The van der Waals surface area contributed by atoms with E-state index in [0.717, 1.165) is 5.56 Å². The number of ether oxygens (including phenoxy) is 1. The summed E-state index contributed by atoms with van der Waals surface area (Å²) in [7, 11) is 0. The third-order valence-corrected chi connectivity index (χ3v) is 3.85. The maximum absolute atomic E-state index is 12.3. The Bertz CT molecular complexity index is 1030. The van der Waals surface area contributed by atoms with E-state index in [4.69, 9.17) is 20.7 Å². The molecule has 10 nitrogen and oxygen atoms in total. The molecule has 0 aliphatic rings. The van der Waals surface area contributed by atoms with Gasteiger partial charge in [0.05, 0.1) is 19.6 Å². The zero-order valence-electron chi connectivity index (χ0n) is 14.4. The molecular weight excluding hydrogens is 354 g/mol. The molecule has 0 unspecified atom stereocenters. The topological polar surface area (TPSA) is 156 Å². The van der Waals surface area contributed by atoms with Crippen LogP contribution in [0, 0.1) is 0 Å². The van der Waals surface area contributed by atoms with Gasteiger partial charge < -0.3 is 25.7 Å². The Morgan fingerprint density at radius 2 is 2.07 bits per heavy atom. The number of nitrogens with zero attached hydrogens (tertiary/aromatic N) is 3. The van der Waals surface area contributed by atoms with Crippen molar-refractivity contribution >= 4 is 23.0 Å². The normalized spacial score (nSPS) is 11.0. The quantitative estimate of drug-likeness (QED) is 0.406. The number of hydrogen-bond acceptors (Lipinski definition) is 7. The van der Waals surface area contributed by atoms with E-state index in [1.165, 1.54) is 4.57 Å². The molecule has 142 valence electrons. The molecular formula is C17H19N5O5. The van der Waals surface area contributed by atoms with Crippen molar-refractivity contribution in [1.29, 1.82) is 0 Å². The van der Waals surface area contributed by atoms with Gasteiger partial charge >= 0.3 is 17.7 Å². The minimum atomic E-state index is -0.929. The number of nitrogens with two attached hydrogens (primary N) is 1. The summed E-state index contributed by atoms with van der Waals surface area (Å²) in [6.07, 6.45) is 0.312. The van der Waals surface area contributed by atoms with Crippen molar-refractivity contribution in [1.82, 2.24) is 19.5 Å². The third-order valence-electron chi connectivity index (χ3n) is 3.85. The van der Waals surface area contributed by atoms with E-state index in [2.05, 4.69) is 15.0 Å². The van der Waals surface area contributed by atoms with Crippen molar-refractivity contribution in [3.05, 3.63) is 45.9 Å². The number of aliphatic hydroxyl groups is 1. The molecule has 0 saturated heterocycles. The fourth-order valence-electron chi connectivity index (χ4n) is 2.67. The Kier molecular flexibility index (Phi) is 5.36. The Balaban J connectivity index is 1.95. The van der Waals surface area contributed by atoms with Gasteiger partial charge in [-0.05, 0) is 11.1 Å². The van der Waals surface area contributed by atoms with Gasteiger partial charge in [0.2, 0.25) is 0 Å². The first-order chi connectivity index (χ1) is 13.0. The van der Waals surface area contributed by atoms with Gasteiger partial charge in [-0.3, -0.25) is 9.36 Å². The molecule has 0 aliphatic heterocycles. The minimum absolute atomic E-state index is 0.0147. The average Bonchev–Trinajstić information content (AvgIpc) is 2.92. The number of anilines is 1. The molecule has 0 spiro atoms. The fraction of sp³-hybridized carbons (Fsp3) is 0.294. The number of carbonyl (C=O) groups is 1. The molecule has 10 heteroatoms. The van der Waals surface area contributed by atoms with Crippen LogP contribution in [-0.4, -0.2) is 48.9 Å². The lowest BCUT2D eigenvalue weighted by atomic mass is 10.1. The minimum Gasteiger partial charge on any atom is -0.481 e. The van der Waals surface area contributed by atoms with Crippen LogP contribution < -0.4 is 16.2 Å². The molecule has 27 heavy (non-hydrogen) atoms. The molecule has 0 bridgehead atoms. The number of imidazole rings is 1. The van der Waals surface area contributed by atoms with Crippen LogP contribution >= 0.6 is 0 Å². The predicted octanol–water partition coefficient (Wildman–Crippen LogP) is 0.138. The second kappa shape index (κ2) is 7.87. The Labute approximate surface area is 153 Å². The zero-order valence-corrected chi connectivity index (χ0v) is 14.4. The van der Waals surface area contributed by atoms with E-state index in [9.17, 15) is 9.59 Å². The Hall–Kier alpha value is -3.40. The maximum Gasteiger partial charge on any atom is 0.328 e. The highest BCUT2D eigenvalue weighted by Crippen LogP contribution is 2.19. The number of nitrogen functional groups attached to an aromatic ring is 1. The molecule has 3 aromatic rings. The maximum atomic E-state index is 12.3. The number of aromatic amines is 1. The summed E-state index contributed by atoms with van der Waals surface area (Å²) in [6, 6.07) is 6.98. The van der Waals surface area contributed by atoms with Crippen molar-refractivity contribution < 1.29 is 19.7 Å². The van der Waals surface area contributed by atoms with Gasteiger partial charge in [0.1, 0.15) is 5.52 Å². The highest BCUT2D eigenvalue weighted by molar-refractivity contribution is 5.82. The van der Waals surface area contributed by atoms with Gasteiger partial charge in [-0.25, -0.2) is 4.79 Å². The lowest BCUT2D eigenvalue weighted by Crippen LogP contribution is -2.18. The van der Waals surface area contributed by atoms with Crippen LogP contribution in [0.25, 0.3) is 11.2 Å². The Morgan fingerprint density at radius 1 is 1.30 bits per heavy atom. The number of carboxylic acid groups (broad SMARTS) is 1. The van der Waals surface area contributed by atoms with Gasteiger partial charge in [0.25, 0.3) is 0 Å². The van der Waals surface area contributed by atoms with Crippen LogP contribution in [0.15, 0.2) is 29.1 Å². The molecule has 0 saturated carbocycles. The van der Waals surface area contributed by atoms with Crippen molar-refractivity contribution in [2.75, 3.05) is 18.9 Å². The van der Waals surface area contributed by atoms with Crippen molar-refractivity contribution in [2.24, 2.45) is 0 Å². The summed E-state index contributed by atoms with van der Waals surface area (Å²) in [4.78, 5) is 34.1. The van der Waals surface area contributed by atoms with Crippen LogP contribution in [0.3, 0.4) is 0 Å². The largest absolute Gasteiger partial charge is 0.481 e. The molecule has 3 rings (SSSR count). The smallest absolute Gasteiger partial charge is 0.328 e. The van der Waals surface area contributed by atoms with E-state index in [1.807, 2.05) is 0 Å². The molecule has 1 aromatic carbocycles. The second-order valence-corrected chi connectivity index (χ2v) is 5.92. The molecule has 5 N–H and O–H groups in total. The van der Waals surface area contributed by atoms with E-state index in [0.29, 0.717) is 17.5 Å². The lowest BCUT2D eigenvalue weighted by molar-refractivity contribution is -0.136. The van der Waals surface area contributed by atoms with Gasteiger partial charge in [-0.1, -0.05) is 24.3 Å². The van der Waals surface area contributed by atoms with Crippen LogP contribution in [0.5, 0.6) is 6.01 Å². The standard InChI is InChI=1S/C17H19N5O5/c18-14-13-15(21-16(20-14)27-6-2-5-23)22(17(26)19-13)9-11-4-1-3-10(7-11)8-12(24)25/h1,3-4,7,23H,2,5-6,8-9H2,(H,19,26)(H,24,25)(H2,18,20,21). The summed E-state index contributed by atoms with van der Waals surface area (Å²) < 4.78 is 6.74. The van der Waals surface area contributed by atoms with E-state index >= 15 is 0 Å². The second-order valence-electron chi connectivity index (χ2n) is 5.92. The first-order valence-corrected chi connectivity index (χ1v) is 8.27. The first kappa shape index (κ1) is 18.4.